The van der Waals surface area contributed by atoms with Gasteiger partial charge >= 0.3 is 17.1 Å². The first kappa shape index (κ1) is 18.3. The molecule has 0 spiro atoms. The van der Waals surface area contributed by atoms with Crippen LogP contribution in [0, 0.1) is 0 Å². The van der Waals surface area contributed by atoms with Gasteiger partial charge in [0.15, 0.2) is 0 Å². The number of hydrogen-bond acceptors (Lipinski definition) is 1. The summed E-state index contributed by atoms with van der Waals surface area (Å²) in [4.78, 5) is 0. The van der Waals surface area contributed by atoms with E-state index < -0.39 is 0 Å². The standard InChI is InChI=1S/C8H8Br2O.C5H4Br.Fe/c9-5-4-8(11)6-2-1-3-7(6)10;6-5-3-1-2-4-5;/h1-3,11H,4-5H2;1-4H;/q;-1;+2/p-1. The van der Waals surface area contributed by atoms with Crippen LogP contribution in [-0.4, -0.2) is 5.33 Å². The van der Waals surface area contributed by atoms with E-state index in [0.29, 0.717) is 6.42 Å². The van der Waals surface area contributed by atoms with E-state index in [2.05, 4.69) is 47.8 Å². The molecule has 0 saturated carbocycles. The van der Waals surface area contributed by atoms with E-state index in [1.807, 2.05) is 42.5 Å². The van der Waals surface area contributed by atoms with Crippen molar-refractivity contribution in [3.63, 3.8) is 0 Å². The van der Waals surface area contributed by atoms with Crippen molar-refractivity contribution in [2.45, 2.75) is 6.42 Å². The molecule has 5 heteroatoms. The van der Waals surface area contributed by atoms with Crippen molar-refractivity contribution in [1.82, 2.24) is 0 Å². The molecule has 0 heterocycles. The molecule has 1 aromatic rings. The zero-order valence-electron chi connectivity index (χ0n) is 9.35. The predicted octanol–water partition coefficient (Wildman–Crippen LogP) is 4.40. The third-order valence-corrected chi connectivity index (χ3v) is 3.62. The monoisotopic (exact) mass is 476 g/mol. The molecule has 2 rings (SSSR count). The van der Waals surface area contributed by atoms with Gasteiger partial charge in [-0.3, -0.25) is 0 Å². The maximum absolute atomic E-state index is 11.3. The fraction of sp³-hybridized carbons (Fsp3) is 0.154. The summed E-state index contributed by atoms with van der Waals surface area (Å²) in [6, 6.07) is 7.98. The third-order valence-electron chi connectivity index (χ3n) is 2.01. The second-order valence-electron chi connectivity index (χ2n) is 3.25. The molecular weight excluding hydrogens is 468 g/mol. The van der Waals surface area contributed by atoms with Crippen LogP contribution in [0.25, 0.3) is 0 Å². The summed E-state index contributed by atoms with van der Waals surface area (Å²) in [6.45, 7) is 0. The molecule has 1 aliphatic rings. The fourth-order valence-electron chi connectivity index (χ4n) is 1.20. The second-order valence-corrected chi connectivity index (χ2v) is 5.82. The van der Waals surface area contributed by atoms with Crippen molar-refractivity contribution in [1.29, 1.82) is 0 Å². The van der Waals surface area contributed by atoms with Gasteiger partial charge in [-0.1, -0.05) is 44.0 Å². The predicted molar refractivity (Wildman–Crippen MR) is 81.3 cm³/mol. The van der Waals surface area contributed by atoms with Crippen LogP contribution in [0.2, 0.25) is 0 Å². The minimum Gasteiger partial charge on any atom is -0.875 e. The Morgan fingerprint density at radius 1 is 1.33 bits per heavy atom. The average Bonchev–Trinajstić information content (AvgIpc) is 2.91. The topological polar surface area (TPSA) is 23.1 Å². The van der Waals surface area contributed by atoms with E-state index in [1.165, 1.54) is 0 Å². The molecule has 0 unspecified atom stereocenters. The summed E-state index contributed by atoms with van der Waals surface area (Å²) in [6.07, 6.45) is 6.13. The Morgan fingerprint density at radius 2 is 2.06 bits per heavy atom. The zero-order chi connectivity index (χ0) is 12.7. The molecule has 1 nitrogen and oxygen atoms in total. The van der Waals surface area contributed by atoms with Gasteiger partial charge < -0.3 is 5.11 Å². The maximum atomic E-state index is 11.3. The minimum atomic E-state index is 0. The van der Waals surface area contributed by atoms with Crippen LogP contribution in [-0.2, 0) is 17.1 Å². The summed E-state index contributed by atoms with van der Waals surface area (Å²) in [5, 5.41) is 12.0. The van der Waals surface area contributed by atoms with Gasteiger partial charge in [-0.2, -0.15) is 24.3 Å². The maximum Gasteiger partial charge on any atom is 2.00 e. The van der Waals surface area contributed by atoms with E-state index >= 15 is 0 Å². The number of rotatable bonds is 2. The van der Waals surface area contributed by atoms with Crippen molar-refractivity contribution in [2.75, 3.05) is 5.33 Å². The molecule has 0 amide bonds. The van der Waals surface area contributed by atoms with Gasteiger partial charge in [-0.05, 0) is 18.1 Å². The first-order valence-corrected chi connectivity index (χ1v) is 7.73. The Balaban J connectivity index is 0.000000352. The molecule has 0 fully saturated rings. The van der Waals surface area contributed by atoms with E-state index in [0.717, 1.165) is 19.9 Å². The van der Waals surface area contributed by atoms with Crippen LogP contribution in [0.4, 0.5) is 0 Å². The molecule has 98 valence electrons. The quantitative estimate of drug-likeness (QED) is 0.267. The van der Waals surface area contributed by atoms with Gasteiger partial charge in [0.2, 0.25) is 0 Å². The summed E-state index contributed by atoms with van der Waals surface area (Å²) in [7, 11) is 0. The van der Waals surface area contributed by atoms with Crippen LogP contribution in [0.1, 0.15) is 6.42 Å². The van der Waals surface area contributed by atoms with Gasteiger partial charge in [0, 0.05) is 9.81 Å². The van der Waals surface area contributed by atoms with E-state index in [9.17, 15) is 5.11 Å². The van der Waals surface area contributed by atoms with Crippen LogP contribution in [0.3, 0.4) is 0 Å². The smallest absolute Gasteiger partial charge is 0.875 e. The summed E-state index contributed by atoms with van der Waals surface area (Å²) in [5.41, 5.74) is 0.782. The Kier molecular flexibility index (Phi) is 10.3. The molecule has 0 aliphatic heterocycles. The number of alkyl halides is 1. The molecule has 1 aromatic carbocycles. The van der Waals surface area contributed by atoms with Gasteiger partial charge in [-0.25, -0.2) is 0 Å². The Morgan fingerprint density at radius 3 is 2.39 bits per heavy atom. The summed E-state index contributed by atoms with van der Waals surface area (Å²) >= 11 is 9.81. The molecule has 0 N–H and O–H groups in total. The SMILES string of the molecule is Brc1cc[cH-]c1.[Fe+2].[O-]C(CCBr)=C1C=CC=C1Br. The average molecular weight is 479 g/mol. The van der Waals surface area contributed by atoms with E-state index in [-0.39, 0.29) is 22.8 Å². The fourth-order valence-corrected chi connectivity index (χ4v) is 2.37. The van der Waals surface area contributed by atoms with E-state index in [1.54, 1.807) is 0 Å². The third kappa shape index (κ3) is 6.48. The van der Waals surface area contributed by atoms with E-state index in [4.69, 9.17) is 0 Å². The molecule has 0 aromatic heterocycles. The van der Waals surface area contributed by atoms with Crippen molar-refractivity contribution >= 4 is 47.8 Å². The van der Waals surface area contributed by atoms with Crippen molar-refractivity contribution in [3.05, 3.63) is 62.8 Å². The molecular formula is C13H11Br3FeO. The zero-order valence-corrected chi connectivity index (χ0v) is 15.2. The molecule has 1 aliphatic carbocycles. The number of hydrogen-bond donors (Lipinski definition) is 0. The molecule has 0 atom stereocenters. The minimum absolute atomic E-state index is 0. The normalized spacial score (nSPS) is 15.4. The molecule has 0 saturated heterocycles. The largest absolute Gasteiger partial charge is 2.00 e. The number of halogens is 3. The Bertz CT molecular complexity index is 433. The summed E-state index contributed by atoms with van der Waals surface area (Å²) < 4.78 is 2.05. The van der Waals surface area contributed by atoms with Gasteiger partial charge in [0.1, 0.15) is 0 Å². The summed E-state index contributed by atoms with van der Waals surface area (Å²) in [5.74, 6) is 0.179. The number of allylic oxidation sites excluding steroid dienone is 6. The van der Waals surface area contributed by atoms with Crippen LogP contribution >= 0.6 is 47.8 Å². The molecule has 0 radical (unpaired) electrons. The van der Waals surface area contributed by atoms with Crippen molar-refractivity contribution < 1.29 is 22.2 Å². The van der Waals surface area contributed by atoms with Crippen LogP contribution in [0.5, 0.6) is 0 Å². The first-order valence-electron chi connectivity index (χ1n) is 5.02. The van der Waals surface area contributed by atoms with Gasteiger partial charge in [-0.15, -0.1) is 26.2 Å². The van der Waals surface area contributed by atoms with Crippen LogP contribution in [0.15, 0.2) is 62.8 Å². The first-order chi connectivity index (χ1) is 8.15. The second kappa shape index (κ2) is 10.2. The molecule has 0 bridgehead atoms. The van der Waals surface area contributed by atoms with Crippen molar-refractivity contribution in [3.8, 4) is 0 Å². The van der Waals surface area contributed by atoms with Gasteiger partial charge in [0.25, 0.3) is 0 Å². The molecule has 18 heavy (non-hydrogen) atoms. The van der Waals surface area contributed by atoms with Crippen LogP contribution < -0.4 is 5.11 Å². The Hall–Kier alpha value is 0.329. The van der Waals surface area contributed by atoms with Gasteiger partial charge in [0.05, 0.1) is 0 Å². The Labute approximate surface area is 143 Å². The van der Waals surface area contributed by atoms with Crippen molar-refractivity contribution in [2.24, 2.45) is 0 Å².